The van der Waals surface area contributed by atoms with Crippen molar-refractivity contribution < 1.29 is 13.2 Å². The molecule has 1 fully saturated rings. The predicted octanol–water partition coefficient (Wildman–Crippen LogP) is 0.867. The minimum atomic E-state index is -3.00. The number of amides is 2. The summed E-state index contributed by atoms with van der Waals surface area (Å²) in [5.41, 5.74) is 1.06. The van der Waals surface area contributed by atoms with E-state index in [0.717, 1.165) is 0 Å². The zero-order valence-corrected chi connectivity index (χ0v) is 10.9. The van der Waals surface area contributed by atoms with Crippen molar-refractivity contribution in [1.82, 2.24) is 5.32 Å². The summed E-state index contributed by atoms with van der Waals surface area (Å²) in [7, 11) is -3.00. The molecule has 1 saturated heterocycles. The molecule has 7 heteroatoms. The smallest absolute Gasteiger partial charge is 0.319 e. The molecular weight excluding hydrogens is 266 g/mol. The minimum Gasteiger partial charge on any atom is -0.334 e. The van der Waals surface area contributed by atoms with Crippen LogP contribution in [0.1, 0.15) is 12.0 Å². The maximum atomic E-state index is 11.7. The van der Waals surface area contributed by atoms with Crippen LogP contribution in [0.25, 0.3) is 0 Å². The first-order valence-electron chi connectivity index (χ1n) is 5.76. The molecule has 0 bridgehead atoms. The summed E-state index contributed by atoms with van der Waals surface area (Å²) in [6, 6.07) is 7.63. The first-order valence-corrected chi connectivity index (χ1v) is 7.59. The molecule has 19 heavy (non-hydrogen) atoms. The SMILES string of the molecule is N#Cc1ccc(NC(=O)NC2CCS(=O)(=O)C2)cc1. The number of rotatable bonds is 2. The second kappa shape index (κ2) is 5.28. The van der Waals surface area contributed by atoms with Crippen LogP contribution in [0.5, 0.6) is 0 Å². The van der Waals surface area contributed by atoms with Crippen molar-refractivity contribution in [3.05, 3.63) is 29.8 Å². The van der Waals surface area contributed by atoms with Gasteiger partial charge in [0.25, 0.3) is 0 Å². The van der Waals surface area contributed by atoms with E-state index >= 15 is 0 Å². The van der Waals surface area contributed by atoms with Crippen LogP contribution in [-0.4, -0.2) is 32.0 Å². The monoisotopic (exact) mass is 279 g/mol. The molecule has 0 saturated carbocycles. The first kappa shape index (κ1) is 13.4. The average Bonchev–Trinajstić information content (AvgIpc) is 2.69. The van der Waals surface area contributed by atoms with Crippen molar-refractivity contribution in [1.29, 1.82) is 5.26 Å². The van der Waals surface area contributed by atoms with Crippen LogP contribution in [-0.2, 0) is 9.84 Å². The number of hydrogen-bond donors (Lipinski definition) is 2. The van der Waals surface area contributed by atoms with E-state index in [4.69, 9.17) is 5.26 Å². The molecular formula is C12H13N3O3S. The zero-order valence-electron chi connectivity index (χ0n) is 10.1. The van der Waals surface area contributed by atoms with Crippen molar-refractivity contribution >= 4 is 21.6 Å². The fourth-order valence-corrected chi connectivity index (χ4v) is 3.56. The van der Waals surface area contributed by atoms with Crippen LogP contribution in [0.2, 0.25) is 0 Å². The highest BCUT2D eigenvalue weighted by Gasteiger charge is 2.28. The molecule has 1 unspecified atom stereocenters. The van der Waals surface area contributed by atoms with Crippen molar-refractivity contribution in [2.45, 2.75) is 12.5 Å². The third-order valence-corrected chi connectivity index (χ3v) is 4.61. The Morgan fingerprint density at radius 3 is 2.53 bits per heavy atom. The first-order chi connectivity index (χ1) is 8.98. The van der Waals surface area contributed by atoms with Gasteiger partial charge in [-0.1, -0.05) is 0 Å². The van der Waals surface area contributed by atoms with Crippen molar-refractivity contribution in [3.63, 3.8) is 0 Å². The molecule has 0 aliphatic carbocycles. The van der Waals surface area contributed by atoms with Crippen LogP contribution >= 0.6 is 0 Å². The van der Waals surface area contributed by atoms with Crippen LogP contribution < -0.4 is 10.6 Å². The van der Waals surface area contributed by atoms with Gasteiger partial charge in [-0.05, 0) is 30.7 Å². The molecule has 0 aromatic heterocycles. The Bertz CT molecular complexity index is 617. The quantitative estimate of drug-likeness (QED) is 0.839. The van der Waals surface area contributed by atoms with E-state index in [1.165, 1.54) is 0 Å². The largest absolute Gasteiger partial charge is 0.334 e. The molecule has 2 rings (SSSR count). The van der Waals surface area contributed by atoms with Crippen LogP contribution in [0.4, 0.5) is 10.5 Å². The van der Waals surface area contributed by atoms with Gasteiger partial charge in [-0.3, -0.25) is 0 Å². The number of anilines is 1. The number of sulfone groups is 1. The molecule has 1 heterocycles. The number of nitrogens with one attached hydrogen (secondary N) is 2. The summed E-state index contributed by atoms with van der Waals surface area (Å²) in [5.74, 6) is 0.114. The van der Waals surface area contributed by atoms with E-state index in [2.05, 4.69) is 10.6 Å². The number of carbonyl (C=O) groups excluding carboxylic acids is 1. The summed E-state index contributed by atoms with van der Waals surface area (Å²) < 4.78 is 22.5. The topological polar surface area (TPSA) is 99.1 Å². The maximum absolute atomic E-state index is 11.7. The van der Waals surface area contributed by atoms with E-state index in [0.29, 0.717) is 17.7 Å². The van der Waals surface area contributed by atoms with Crippen molar-refractivity contribution in [2.24, 2.45) is 0 Å². The molecule has 1 aromatic rings. The summed E-state index contributed by atoms with van der Waals surface area (Å²) in [5, 5.41) is 13.9. The van der Waals surface area contributed by atoms with E-state index in [-0.39, 0.29) is 17.5 Å². The maximum Gasteiger partial charge on any atom is 0.319 e. The van der Waals surface area contributed by atoms with E-state index < -0.39 is 15.9 Å². The third kappa shape index (κ3) is 3.69. The predicted molar refractivity (Wildman–Crippen MR) is 70.4 cm³/mol. The lowest BCUT2D eigenvalue weighted by Gasteiger charge is -2.11. The lowest BCUT2D eigenvalue weighted by molar-refractivity contribution is 0.249. The van der Waals surface area contributed by atoms with Crippen LogP contribution in [0.3, 0.4) is 0 Å². The third-order valence-electron chi connectivity index (χ3n) is 2.84. The van der Waals surface area contributed by atoms with Gasteiger partial charge in [0.2, 0.25) is 0 Å². The molecule has 0 spiro atoms. The Morgan fingerprint density at radius 2 is 2.00 bits per heavy atom. The summed E-state index contributed by atoms with van der Waals surface area (Å²) in [6.45, 7) is 0. The zero-order chi connectivity index (χ0) is 13.9. The van der Waals surface area contributed by atoms with E-state index in [1.54, 1.807) is 24.3 Å². The molecule has 6 nitrogen and oxygen atoms in total. The molecule has 2 amide bonds. The van der Waals surface area contributed by atoms with Gasteiger partial charge in [-0.25, -0.2) is 13.2 Å². The fourth-order valence-electron chi connectivity index (χ4n) is 1.89. The Kier molecular flexibility index (Phi) is 3.71. The van der Waals surface area contributed by atoms with Crippen LogP contribution in [0, 0.1) is 11.3 Å². The lowest BCUT2D eigenvalue weighted by atomic mass is 10.2. The van der Waals surface area contributed by atoms with Gasteiger partial charge in [0, 0.05) is 11.7 Å². The van der Waals surface area contributed by atoms with Crippen molar-refractivity contribution in [2.75, 3.05) is 16.8 Å². The Morgan fingerprint density at radius 1 is 1.32 bits per heavy atom. The molecule has 1 aromatic carbocycles. The molecule has 0 radical (unpaired) electrons. The molecule has 1 aliphatic heterocycles. The molecule has 1 aliphatic rings. The normalized spacial score (nSPS) is 20.5. The minimum absolute atomic E-state index is 0.00616. The highest BCUT2D eigenvalue weighted by atomic mass is 32.2. The van der Waals surface area contributed by atoms with Gasteiger partial charge < -0.3 is 10.6 Å². The van der Waals surface area contributed by atoms with E-state index in [1.807, 2.05) is 6.07 Å². The Hall–Kier alpha value is -2.07. The van der Waals surface area contributed by atoms with Gasteiger partial charge >= 0.3 is 6.03 Å². The lowest BCUT2D eigenvalue weighted by Crippen LogP contribution is -2.38. The number of nitriles is 1. The summed E-state index contributed by atoms with van der Waals surface area (Å²) in [4.78, 5) is 11.7. The number of benzene rings is 1. The van der Waals surface area contributed by atoms with Gasteiger partial charge in [0.05, 0.1) is 23.1 Å². The summed E-state index contributed by atoms with van der Waals surface area (Å²) >= 11 is 0. The standard InChI is InChI=1S/C12H13N3O3S/c13-7-9-1-3-10(4-2-9)14-12(16)15-11-5-6-19(17,18)8-11/h1-4,11H,5-6,8H2,(H2,14,15,16). The Balaban J connectivity index is 1.89. The fraction of sp³-hybridized carbons (Fsp3) is 0.333. The van der Waals surface area contributed by atoms with Gasteiger partial charge in [0.15, 0.2) is 9.84 Å². The number of urea groups is 1. The molecule has 2 N–H and O–H groups in total. The second-order valence-electron chi connectivity index (χ2n) is 4.39. The highest BCUT2D eigenvalue weighted by Crippen LogP contribution is 2.12. The highest BCUT2D eigenvalue weighted by molar-refractivity contribution is 7.91. The molecule has 100 valence electrons. The van der Waals surface area contributed by atoms with Gasteiger partial charge in [-0.15, -0.1) is 0 Å². The second-order valence-corrected chi connectivity index (χ2v) is 6.62. The van der Waals surface area contributed by atoms with Crippen molar-refractivity contribution in [3.8, 4) is 6.07 Å². The summed E-state index contributed by atoms with van der Waals surface area (Å²) in [6.07, 6.45) is 0.448. The van der Waals surface area contributed by atoms with Gasteiger partial charge in [0.1, 0.15) is 0 Å². The number of carbonyl (C=O) groups is 1. The van der Waals surface area contributed by atoms with E-state index in [9.17, 15) is 13.2 Å². The molecule has 1 atom stereocenters. The van der Waals surface area contributed by atoms with Crippen LogP contribution in [0.15, 0.2) is 24.3 Å². The Labute approximate surface area is 111 Å². The van der Waals surface area contributed by atoms with Gasteiger partial charge in [-0.2, -0.15) is 5.26 Å². The average molecular weight is 279 g/mol. The number of nitrogens with zero attached hydrogens (tertiary/aromatic N) is 1. The number of hydrogen-bond acceptors (Lipinski definition) is 4.